The predicted molar refractivity (Wildman–Crippen MR) is 51.5 cm³/mol. The van der Waals surface area contributed by atoms with Crippen LogP contribution in [0.3, 0.4) is 0 Å². The standard InChI is InChI=1S/C9H14N4O/c10-11-9(14)8-6-4-2-1-3-5-7(6)12-13-8/h1-5,10H2,(H,11,14)(H,12,13). The average molecular weight is 194 g/mol. The minimum Gasteiger partial charge on any atom is -0.289 e. The second-order valence-electron chi connectivity index (χ2n) is 3.56. The number of hydrazine groups is 1. The number of amides is 1. The Kier molecular flexibility index (Phi) is 2.49. The van der Waals surface area contributed by atoms with Crippen molar-refractivity contribution >= 4 is 5.91 Å². The molecule has 0 fully saturated rings. The number of hydrogen-bond acceptors (Lipinski definition) is 3. The number of nitrogens with one attached hydrogen (secondary N) is 2. The number of nitrogen functional groups attached to an aromatic ring is 1. The summed E-state index contributed by atoms with van der Waals surface area (Å²) in [6.45, 7) is 0. The Morgan fingerprint density at radius 1 is 1.36 bits per heavy atom. The Morgan fingerprint density at radius 3 is 2.93 bits per heavy atom. The summed E-state index contributed by atoms with van der Waals surface area (Å²) in [4.78, 5) is 11.3. The van der Waals surface area contributed by atoms with E-state index in [2.05, 4.69) is 15.6 Å². The van der Waals surface area contributed by atoms with Crippen molar-refractivity contribution in [1.29, 1.82) is 0 Å². The van der Waals surface area contributed by atoms with E-state index in [-0.39, 0.29) is 5.91 Å². The molecule has 0 aliphatic heterocycles. The molecule has 1 aliphatic carbocycles. The maximum absolute atomic E-state index is 11.3. The highest BCUT2D eigenvalue weighted by Gasteiger charge is 2.19. The third-order valence-corrected chi connectivity index (χ3v) is 2.65. The largest absolute Gasteiger partial charge is 0.289 e. The Labute approximate surface area is 82.0 Å². The van der Waals surface area contributed by atoms with Gasteiger partial charge in [-0.2, -0.15) is 5.10 Å². The normalized spacial score (nSPS) is 15.8. The number of carbonyl (C=O) groups excluding carboxylic acids is 1. The van der Waals surface area contributed by atoms with E-state index in [4.69, 9.17) is 5.84 Å². The van der Waals surface area contributed by atoms with Crippen LogP contribution in [-0.4, -0.2) is 16.1 Å². The summed E-state index contributed by atoms with van der Waals surface area (Å²) in [5.41, 5.74) is 4.72. The van der Waals surface area contributed by atoms with Gasteiger partial charge in [0, 0.05) is 11.3 Å². The van der Waals surface area contributed by atoms with Crippen molar-refractivity contribution in [2.45, 2.75) is 32.1 Å². The maximum Gasteiger partial charge on any atom is 0.285 e. The number of carbonyl (C=O) groups is 1. The monoisotopic (exact) mass is 194 g/mol. The smallest absolute Gasteiger partial charge is 0.285 e. The summed E-state index contributed by atoms with van der Waals surface area (Å²) in [5.74, 6) is 4.78. The second kappa shape index (κ2) is 3.79. The lowest BCUT2D eigenvalue weighted by molar-refractivity contribution is 0.0947. The molecule has 0 atom stereocenters. The Hall–Kier alpha value is -1.36. The summed E-state index contributed by atoms with van der Waals surface area (Å²) >= 11 is 0. The molecule has 1 aliphatic rings. The first-order chi connectivity index (χ1) is 6.83. The highest BCUT2D eigenvalue weighted by atomic mass is 16.2. The SMILES string of the molecule is NNC(=O)c1n[nH]c2c1CCCCC2. The van der Waals surface area contributed by atoms with E-state index in [1.54, 1.807) is 0 Å². The summed E-state index contributed by atoms with van der Waals surface area (Å²) in [6, 6.07) is 0. The van der Waals surface area contributed by atoms with E-state index >= 15 is 0 Å². The van der Waals surface area contributed by atoms with Crippen LogP contribution >= 0.6 is 0 Å². The number of aromatic nitrogens is 2. The fourth-order valence-corrected chi connectivity index (χ4v) is 1.91. The van der Waals surface area contributed by atoms with Crippen LogP contribution in [0.4, 0.5) is 0 Å². The van der Waals surface area contributed by atoms with Gasteiger partial charge in [-0.05, 0) is 25.7 Å². The molecule has 0 unspecified atom stereocenters. The highest BCUT2D eigenvalue weighted by Crippen LogP contribution is 2.21. The average Bonchev–Trinajstić information content (AvgIpc) is 2.46. The number of H-pyrrole nitrogens is 1. The summed E-state index contributed by atoms with van der Waals surface area (Å²) in [7, 11) is 0. The van der Waals surface area contributed by atoms with E-state index in [0.717, 1.165) is 30.5 Å². The van der Waals surface area contributed by atoms with Crippen molar-refractivity contribution in [3.63, 3.8) is 0 Å². The van der Waals surface area contributed by atoms with Gasteiger partial charge in [0.15, 0.2) is 5.69 Å². The molecule has 1 heterocycles. The fourth-order valence-electron chi connectivity index (χ4n) is 1.91. The zero-order valence-electron chi connectivity index (χ0n) is 7.97. The molecule has 1 aromatic heterocycles. The number of aromatic amines is 1. The predicted octanol–water partition coefficient (Wildman–Crippen LogP) is 0.282. The lowest BCUT2D eigenvalue weighted by Gasteiger charge is -1.99. The number of aryl methyl sites for hydroxylation is 1. The van der Waals surface area contributed by atoms with Gasteiger partial charge in [0.2, 0.25) is 0 Å². The van der Waals surface area contributed by atoms with Gasteiger partial charge < -0.3 is 0 Å². The van der Waals surface area contributed by atoms with Crippen molar-refractivity contribution in [3.8, 4) is 0 Å². The first-order valence-corrected chi connectivity index (χ1v) is 4.90. The molecular formula is C9H14N4O. The van der Waals surface area contributed by atoms with E-state index in [9.17, 15) is 4.79 Å². The molecule has 0 aromatic carbocycles. The van der Waals surface area contributed by atoms with Gasteiger partial charge >= 0.3 is 0 Å². The fraction of sp³-hybridized carbons (Fsp3) is 0.556. The van der Waals surface area contributed by atoms with E-state index in [1.807, 2.05) is 0 Å². The lowest BCUT2D eigenvalue weighted by atomic mass is 10.1. The van der Waals surface area contributed by atoms with Crippen LogP contribution in [0.5, 0.6) is 0 Å². The minimum atomic E-state index is -0.301. The van der Waals surface area contributed by atoms with Crippen molar-refractivity contribution in [2.24, 2.45) is 5.84 Å². The third kappa shape index (κ3) is 1.50. The van der Waals surface area contributed by atoms with Crippen LogP contribution in [-0.2, 0) is 12.8 Å². The van der Waals surface area contributed by atoms with Crippen LogP contribution in [0.15, 0.2) is 0 Å². The van der Waals surface area contributed by atoms with Gasteiger partial charge in [-0.3, -0.25) is 15.3 Å². The molecule has 0 saturated carbocycles. The number of hydrogen-bond donors (Lipinski definition) is 3. The van der Waals surface area contributed by atoms with Crippen molar-refractivity contribution in [1.82, 2.24) is 15.6 Å². The quantitative estimate of drug-likeness (QED) is 0.260. The summed E-state index contributed by atoms with van der Waals surface area (Å²) in [6.07, 6.45) is 5.41. The lowest BCUT2D eigenvalue weighted by Crippen LogP contribution is -2.31. The van der Waals surface area contributed by atoms with Gasteiger partial charge in [0.25, 0.3) is 5.91 Å². The minimum absolute atomic E-state index is 0.301. The molecule has 5 heteroatoms. The molecule has 2 rings (SSSR count). The molecule has 76 valence electrons. The zero-order valence-corrected chi connectivity index (χ0v) is 7.97. The van der Waals surface area contributed by atoms with Gasteiger partial charge in [-0.15, -0.1) is 0 Å². The zero-order chi connectivity index (χ0) is 9.97. The number of nitrogens with two attached hydrogens (primary N) is 1. The summed E-state index contributed by atoms with van der Waals surface area (Å²) in [5, 5.41) is 6.91. The number of fused-ring (bicyclic) bond motifs is 1. The molecule has 4 N–H and O–H groups in total. The molecule has 1 aromatic rings. The summed E-state index contributed by atoms with van der Waals surface area (Å²) < 4.78 is 0. The molecule has 0 radical (unpaired) electrons. The Balaban J connectivity index is 2.34. The third-order valence-electron chi connectivity index (χ3n) is 2.65. The highest BCUT2D eigenvalue weighted by molar-refractivity contribution is 5.93. The Morgan fingerprint density at radius 2 is 2.14 bits per heavy atom. The van der Waals surface area contributed by atoms with Gasteiger partial charge in [0.1, 0.15) is 0 Å². The van der Waals surface area contributed by atoms with E-state index < -0.39 is 0 Å². The van der Waals surface area contributed by atoms with Crippen LogP contribution in [0.1, 0.15) is 41.0 Å². The van der Waals surface area contributed by atoms with Crippen LogP contribution in [0.25, 0.3) is 0 Å². The van der Waals surface area contributed by atoms with Crippen molar-refractivity contribution in [3.05, 3.63) is 17.0 Å². The molecule has 5 nitrogen and oxygen atoms in total. The molecule has 14 heavy (non-hydrogen) atoms. The van der Waals surface area contributed by atoms with Crippen LogP contribution < -0.4 is 11.3 Å². The first kappa shape index (κ1) is 9.21. The maximum atomic E-state index is 11.3. The topological polar surface area (TPSA) is 83.8 Å². The first-order valence-electron chi connectivity index (χ1n) is 4.90. The van der Waals surface area contributed by atoms with Gasteiger partial charge in [0.05, 0.1) is 0 Å². The van der Waals surface area contributed by atoms with Crippen molar-refractivity contribution in [2.75, 3.05) is 0 Å². The second-order valence-corrected chi connectivity index (χ2v) is 3.56. The Bertz CT molecular complexity index is 345. The number of nitrogens with zero attached hydrogens (tertiary/aromatic N) is 1. The van der Waals surface area contributed by atoms with Crippen LogP contribution in [0.2, 0.25) is 0 Å². The van der Waals surface area contributed by atoms with E-state index in [0.29, 0.717) is 5.69 Å². The molecular weight excluding hydrogens is 180 g/mol. The van der Waals surface area contributed by atoms with Crippen LogP contribution in [0, 0.1) is 0 Å². The molecule has 0 spiro atoms. The van der Waals surface area contributed by atoms with E-state index in [1.165, 1.54) is 12.8 Å². The van der Waals surface area contributed by atoms with Gasteiger partial charge in [-0.25, -0.2) is 5.84 Å². The van der Waals surface area contributed by atoms with Crippen molar-refractivity contribution < 1.29 is 4.79 Å². The number of rotatable bonds is 1. The molecule has 0 saturated heterocycles. The molecule has 1 amide bonds. The van der Waals surface area contributed by atoms with Gasteiger partial charge in [-0.1, -0.05) is 6.42 Å². The molecule has 0 bridgehead atoms.